The van der Waals surface area contributed by atoms with Crippen LogP contribution in [0.5, 0.6) is 0 Å². The van der Waals surface area contributed by atoms with Crippen molar-refractivity contribution < 1.29 is 9.21 Å². The molecule has 4 rings (SSSR count). The highest BCUT2D eigenvalue weighted by atomic mass is 35.5. The number of rotatable bonds is 6. The SMILES string of the molecule is O=C(CSc1nnc2ccccn12)NCc1ccc(-c2ccc(Cl)cc2)o1. The van der Waals surface area contributed by atoms with Crippen molar-refractivity contribution >= 4 is 34.9 Å². The van der Waals surface area contributed by atoms with Gasteiger partial charge in [-0.1, -0.05) is 29.4 Å². The van der Waals surface area contributed by atoms with Gasteiger partial charge in [0.2, 0.25) is 5.91 Å². The summed E-state index contributed by atoms with van der Waals surface area (Å²) >= 11 is 7.24. The van der Waals surface area contributed by atoms with Crippen molar-refractivity contribution in [3.8, 4) is 11.3 Å². The van der Waals surface area contributed by atoms with Gasteiger partial charge in [0, 0.05) is 16.8 Å². The fraction of sp³-hybridized carbons (Fsp3) is 0.105. The first-order chi connectivity index (χ1) is 13.2. The average Bonchev–Trinajstić information content (AvgIpc) is 3.32. The Morgan fingerprint density at radius 3 is 2.81 bits per heavy atom. The fourth-order valence-electron chi connectivity index (χ4n) is 2.53. The van der Waals surface area contributed by atoms with Gasteiger partial charge in [-0.25, -0.2) is 0 Å². The Morgan fingerprint density at radius 2 is 1.96 bits per heavy atom. The maximum Gasteiger partial charge on any atom is 0.230 e. The van der Waals surface area contributed by atoms with Gasteiger partial charge in [-0.05, 0) is 48.5 Å². The molecule has 0 saturated heterocycles. The van der Waals surface area contributed by atoms with Gasteiger partial charge >= 0.3 is 0 Å². The molecule has 0 bridgehead atoms. The molecule has 1 N–H and O–H groups in total. The minimum absolute atomic E-state index is 0.0999. The van der Waals surface area contributed by atoms with Crippen LogP contribution >= 0.6 is 23.4 Å². The average molecular weight is 399 g/mol. The van der Waals surface area contributed by atoms with Crippen LogP contribution in [0.25, 0.3) is 17.0 Å². The zero-order chi connectivity index (χ0) is 18.6. The minimum Gasteiger partial charge on any atom is -0.459 e. The quantitative estimate of drug-likeness (QED) is 0.496. The molecule has 8 heteroatoms. The maximum absolute atomic E-state index is 12.1. The summed E-state index contributed by atoms with van der Waals surface area (Å²) in [6.45, 7) is 0.327. The van der Waals surface area contributed by atoms with Crippen LogP contribution in [0.15, 0.2) is 70.4 Å². The molecule has 0 atom stereocenters. The molecule has 0 saturated carbocycles. The van der Waals surface area contributed by atoms with Crippen LogP contribution < -0.4 is 5.32 Å². The first-order valence-corrected chi connectivity index (χ1v) is 9.59. The predicted octanol–water partition coefficient (Wildman–Crippen LogP) is 4.05. The molecule has 3 aromatic heterocycles. The molecule has 0 aliphatic carbocycles. The van der Waals surface area contributed by atoms with E-state index in [2.05, 4.69) is 15.5 Å². The van der Waals surface area contributed by atoms with Crippen molar-refractivity contribution in [3.63, 3.8) is 0 Å². The van der Waals surface area contributed by atoms with Crippen molar-refractivity contribution in [2.75, 3.05) is 5.75 Å². The summed E-state index contributed by atoms with van der Waals surface area (Å²) in [4.78, 5) is 12.1. The molecule has 6 nitrogen and oxygen atoms in total. The van der Waals surface area contributed by atoms with Crippen molar-refractivity contribution in [2.24, 2.45) is 0 Å². The number of amides is 1. The summed E-state index contributed by atoms with van der Waals surface area (Å²) in [5.41, 5.74) is 1.69. The van der Waals surface area contributed by atoms with E-state index < -0.39 is 0 Å². The summed E-state index contributed by atoms with van der Waals surface area (Å²) in [7, 11) is 0. The molecule has 0 radical (unpaired) electrons. The van der Waals surface area contributed by atoms with Gasteiger partial charge in [0.15, 0.2) is 10.8 Å². The number of nitrogens with zero attached hydrogens (tertiary/aromatic N) is 3. The highest BCUT2D eigenvalue weighted by Gasteiger charge is 2.10. The molecule has 1 amide bonds. The number of nitrogens with one attached hydrogen (secondary N) is 1. The number of carbonyl (C=O) groups excluding carboxylic acids is 1. The molecule has 0 fully saturated rings. The van der Waals surface area contributed by atoms with Gasteiger partial charge in [0.25, 0.3) is 0 Å². The fourth-order valence-corrected chi connectivity index (χ4v) is 3.41. The number of fused-ring (bicyclic) bond motifs is 1. The number of furan rings is 1. The number of hydrogen-bond donors (Lipinski definition) is 1. The minimum atomic E-state index is -0.0999. The molecule has 27 heavy (non-hydrogen) atoms. The highest BCUT2D eigenvalue weighted by Crippen LogP contribution is 2.24. The van der Waals surface area contributed by atoms with E-state index in [4.69, 9.17) is 16.0 Å². The Labute approximate surface area is 164 Å². The van der Waals surface area contributed by atoms with Crippen LogP contribution in [0.1, 0.15) is 5.76 Å². The highest BCUT2D eigenvalue weighted by molar-refractivity contribution is 7.99. The van der Waals surface area contributed by atoms with Crippen LogP contribution in [-0.4, -0.2) is 26.3 Å². The molecule has 3 heterocycles. The third kappa shape index (κ3) is 4.15. The number of aromatic nitrogens is 3. The van der Waals surface area contributed by atoms with E-state index in [0.717, 1.165) is 17.0 Å². The van der Waals surface area contributed by atoms with E-state index in [9.17, 15) is 4.79 Å². The van der Waals surface area contributed by atoms with Crippen LogP contribution in [-0.2, 0) is 11.3 Å². The summed E-state index contributed by atoms with van der Waals surface area (Å²) < 4.78 is 7.63. The van der Waals surface area contributed by atoms with Crippen molar-refractivity contribution in [2.45, 2.75) is 11.7 Å². The number of thioether (sulfide) groups is 1. The van der Waals surface area contributed by atoms with Crippen LogP contribution in [0.2, 0.25) is 5.02 Å². The first-order valence-electron chi connectivity index (χ1n) is 8.23. The van der Waals surface area contributed by atoms with Crippen LogP contribution in [0.3, 0.4) is 0 Å². The Balaban J connectivity index is 1.31. The van der Waals surface area contributed by atoms with E-state index in [1.165, 1.54) is 11.8 Å². The van der Waals surface area contributed by atoms with Gasteiger partial charge in [-0.3, -0.25) is 9.20 Å². The number of pyridine rings is 1. The molecular formula is C19H15ClN4O2S. The van der Waals surface area contributed by atoms with Gasteiger partial charge in [0.1, 0.15) is 11.5 Å². The third-order valence-corrected chi connectivity index (χ3v) is 5.06. The summed E-state index contributed by atoms with van der Waals surface area (Å²) in [6, 6.07) is 16.8. The van der Waals surface area contributed by atoms with Gasteiger partial charge < -0.3 is 9.73 Å². The second-order valence-corrected chi connectivity index (χ2v) is 7.13. The van der Waals surface area contributed by atoms with E-state index in [0.29, 0.717) is 22.5 Å². The number of benzene rings is 1. The van der Waals surface area contributed by atoms with Crippen molar-refractivity contribution in [3.05, 3.63) is 71.6 Å². The molecule has 0 unspecified atom stereocenters. The zero-order valence-electron chi connectivity index (χ0n) is 14.1. The lowest BCUT2D eigenvalue weighted by Crippen LogP contribution is -2.24. The lowest BCUT2D eigenvalue weighted by atomic mass is 10.2. The Hall–Kier alpha value is -2.77. The van der Waals surface area contributed by atoms with E-state index in [-0.39, 0.29) is 11.7 Å². The molecule has 0 aliphatic heterocycles. The number of hydrogen-bond acceptors (Lipinski definition) is 5. The normalized spacial score (nSPS) is 11.0. The topological polar surface area (TPSA) is 72.4 Å². The van der Waals surface area contributed by atoms with E-state index in [1.807, 2.05) is 65.2 Å². The van der Waals surface area contributed by atoms with Crippen molar-refractivity contribution in [1.82, 2.24) is 19.9 Å². The Morgan fingerprint density at radius 1 is 1.11 bits per heavy atom. The van der Waals surface area contributed by atoms with Gasteiger partial charge in [-0.2, -0.15) is 0 Å². The zero-order valence-corrected chi connectivity index (χ0v) is 15.7. The lowest BCUT2D eigenvalue weighted by molar-refractivity contribution is -0.118. The maximum atomic E-state index is 12.1. The smallest absolute Gasteiger partial charge is 0.230 e. The standard InChI is InChI=1S/C19H15ClN4O2S/c20-14-6-4-13(5-7-14)16-9-8-15(26-16)11-21-18(25)12-27-19-23-22-17-3-1-2-10-24(17)19/h1-10H,11-12H2,(H,21,25). The molecular weight excluding hydrogens is 384 g/mol. The lowest BCUT2D eigenvalue weighted by Gasteiger charge is -2.03. The molecule has 0 spiro atoms. The predicted molar refractivity (Wildman–Crippen MR) is 105 cm³/mol. The molecule has 4 aromatic rings. The third-order valence-electron chi connectivity index (χ3n) is 3.86. The molecule has 0 aliphatic rings. The largest absolute Gasteiger partial charge is 0.459 e. The Kier molecular flexibility index (Phi) is 5.13. The number of carbonyl (C=O) groups is 1. The Bertz CT molecular complexity index is 1070. The van der Waals surface area contributed by atoms with Crippen LogP contribution in [0, 0.1) is 0 Å². The summed E-state index contributed by atoms with van der Waals surface area (Å²) in [6.07, 6.45) is 1.87. The first kappa shape index (κ1) is 17.6. The molecule has 136 valence electrons. The van der Waals surface area contributed by atoms with Gasteiger partial charge in [0.05, 0.1) is 12.3 Å². The van der Waals surface area contributed by atoms with E-state index >= 15 is 0 Å². The van der Waals surface area contributed by atoms with Crippen molar-refractivity contribution in [1.29, 1.82) is 0 Å². The van der Waals surface area contributed by atoms with Crippen LogP contribution in [0.4, 0.5) is 0 Å². The van der Waals surface area contributed by atoms with Gasteiger partial charge in [-0.15, -0.1) is 10.2 Å². The second kappa shape index (κ2) is 7.85. The summed E-state index contributed by atoms with van der Waals surface area (Å²) in [5.74, 6) is 1.57. The second-order valence-electron chi connectivity index (χ2n) is 5.75. The summed E-state index contributed by atoms with van der Waals surface area (Å²) in [5, 5.41) is 12.4. The number of halogens is 1. The molecule has 1 aromatic carbocycles. The van der Waals surface area contributed by atoms with E-state index in [1.54, 1.807) is 0 Å². The monoisotopic (exact) mass is 398 g/mol.